The number of carbonyl (C=O) groups excluding carboxylic acids is 1. The predicted octanol–water partition coefficient (Wildman–Crippen LogP) is 2.23. The fraction of sp³-hybridized carbons (Fsp3) is 0.250. The smallest absolute Gasteiger partial charge is 0.255 e. The van der Waals surface area contributed by atoms with E-state index in [1.165, 1.54) is 6.07 Å². The summed E-state index contributed by atoms with van der Waals surface area (Å²) in [7, 11) is 0. The molecule has 0 heterocycles. The minimum Gasteiger partial charge on any atom is -0.507 e. The molecule has 0 unspecified atom stereocenters. The summed E-state index contributed by atoms with van der Waals surface area (Å²) >= 11 is 0. The second-order valence-electron chi connectivity index (χ2n) is 3.65. The minimum atomic E-state index is -0.571. The van der Waals surface area contributed by atoms with Crippen LogP contribution >= 0.6 is 0 Å². The molecule has 1 aromatic rings. The van der Waals surface area contributed by atoms with Gasteiger partial charge in [0.1, 0.15) is 11.6 Å². The summed E-state index contributed by atoms with van der Waals surface area (Å²) in [6, 6.07) is 3.30. The van der Waals surface area contributed by atoms with E-state index in [1.54, 1.807) is 0 Å². The maximum Gasteiger partial charge on any atom is 0.255 e. The number of nitrogens with one attached hydrogen (secondary N) is 1. The van der Waals surface area contributed by atoms with E-state index in [0.717, 1.165) is 17.7 Å². The fourth-order valence-corrected chi connectivity index (χ4v) is 1.14. The monoisotopic (exact) mass is 223 g/mol. The van der Waals surface area contributed by atoms with E-state index < -0.39 is 11.7 Å². The van der Waals surface area contributed by atoms with Crippen molar-refractivity contribution >= 4 is 5.91 Å². The Morgan fingerprint density at radius 3 is 2.75 bits per heavy atom. The molecule has 0 saturated carbocycles. The molecule has 0 saturated heterocycles. The second kappa shape index (κ2) is 5.30. The molecular weight excluding hydrogens is 209 g/mol. The zero-order valence-corrected chi connectivity index (χ0v) is 9.25. The van der Waals surface area contributed by atoms with Gasteiger partial charge < -0.3 is 10.4 Å². The van der Waals surface area contributed by atoms with Gasteiger partial charge in [-0.15, -0.1) is 0 Å². The number of benzene rings is 1. The van der Waals surface area contributed by atoms with Crippen LogP contribution in [0.4, 0.5) is 4.39 Å². The first-order chi connectivity index (χ1) is 7.50. The standard InChI is InChI=1S/C12H14FNO2/c1-8(2)5-6-14-12(16)10-4-3-9(13)7-11(10)15/h3-5,7,15H,6H2,1-2H3,(H,14,16). The van der Waals surface area contributed by atoms with Crippen molar-refractivity contribution in [2.45, 2.75) is 13.8 Å². The number of hydrogen-bond donors (Lipinski definition) is 2. The molecule has 2 N–H and O–H groups in total. The van der Waals surface area contributed by atoms with E-state index >= 15 is 0 Å². The van der Waals surface area contributed by atoms with Gasteiger partial charge >= 0.3 is 0 Å². The molecule has 0 aliphatic heterocycles. The lowest BCUT2D eigenvalue weighted by Crippen LogP contribution is -2.23. The number of carbonyl (C=O) groups is 1. The van der Waals surface area contributed by atoms with Gasteiger partial charge in [-0.1, -0.05) is 11.6 Å². The molecular formula is C12H14FNO2. The predicted molar refractivity (Wildman–Crippen MR) is 59.8 cm³/mol. The van der Waals surface area contributed by atoms with E-state index in [4.69, 9.17) is 0 Å². The van der Waals surface area contributed by atoms with Crippen LogP contribution in [0.5, 0.6) is 5.75 Å². The highest BCUT2D eigenvalue weighted by Gasteiger charge is 2.10. The summed E-state index contributed by atoms with van der Waals surface area (Å²) in [6.45, 7) is 4.22. The summed E-state index contributed by atoms with van der Waals surface area (Å²) in [5.41, 5.74) is 1.16. The van der Waals surface area contributed by atoms with Crippen LogP contribution in [-0.2, 0) is 0 Å². The summed E-state index contributed by atoms with van der Waals surface area (Å²) < 4.78 is 12.7. The molecule has 0 atom stereocenters. The Kier molecular flexibility index (Phi) is 4.05. The molecule has 4 heteroatoms. The molecule has 0 spiro atoms. The summed E-state index contributed by atoms with van der Waals surface area (Å²) in [5, 5.41) is 11.9. The highest BCUT2D eigenvalue weighted by atomic mass is 19.1. The number of hydrogen-bond acceptors (Lipinski definition) is 2. The Morgan fingerprint density at radius 1 is 1.50 bits per heavy atom. The van der Waals surface area contributed by atoms with Gasteiger partial charge in [0, 0.05) is 12.6 Å². The first-order valence-corrected chi connectivity index (χ1v) is 4.91. The van der Waals surface area contributed by atoms with Crippen molar-refractivity contribution in [3.05, 3.63) is 41.2 Å². The quantitative estimate of drug-likeness (QED) is 0.772. The number of amides is 1. The van der Waals surface area contributed by atoms with Gasteiger partial charge in [0.25, 0.3) is 5.91 Å². The van der Waals surface area contributed by atoms with Crippen molar-refractivity contribution in [1.29, 1.82) is 0 Å². The van der Waals surface area contributed by atoms with E-state index in [2.05, 4.69) is 5.32 Å². The average molecular weight is 223 g/mol. The largest absolute Gasteiger partial charge is 0.507 e. The first kappa shape index (κ1) is 12.2. The second-order valence-corrected chi connectivity index (χ2v) is 3.65. The topological polar surface area (TPSA) is 49.3 Å². The Hall–Kier alpha value is -1.84. The van der Waals surface area contributed by atoms with Crippen LogP contribution in [0, 0.1) is 5.82 Å². The average Bonchev–Trinajstić information content (AvgIpc) is 2.16. The number of aromatic hydroxyl groups is 1. The van der Waals surface area contributed by atoms with Crippen LogP contribution in [0.15, 0.2) is 29.8 Å². The molecule has 0 bridgehead atoms. The fourth-order valence-electron chi connectivity index (χ4n) is 1.14. The minimum absolute atomic E-state index is 0.0727. The third-order valence-corrected chi connectivity index (χ3v) is 1.98. The Bertz CT molecular complexity index is 423. The number of rotatable bonds is 3. The van der Waals surface area contributed by atoms with Crippen molar-refractivity contribution in [3.8, 4) is 5.75 Å². The zero-order chi connectivity index (χ0) is 12.1. The molecule has 1 aromatic carbocycles. The molecule has 16 heavy (non-hydrogen) atoms. The van der Waals surface area contributed by atoms with Crippen molar-refractivity contribution in [1.82, 2.24) is 5.32 Å². The van der Waals surface area contributed by atoms with Crippen LogP contribution in [-0.4, -0.2) is 17.6 Å². The molecule has 3 nitrogen and oxygen atoms in total. The summed E-state index contributed by atoms with van der Waals surface area (Å²) in [4.78, 5) is 11.5. The van der Waals surface area contributed by atoms with Crippen LogP contribution < -0.4 is 5.32 Å². The van der Waals surface area contributed by atoms with Crippen LogP contribution in [0.2, 0.25) is 0 Å². The van der Waals surface area contributed by atoms with Crippen LogP contribution in [0.25, 0.3) is 0 Å². The lowest BCUT2D eigenvalue weighted by atomic mass is 10.2. The summed E-state index contributed by atoms with van der Waals surface area (Å²) in [5.74, 6) is -1.34. The molecule has 0 aliphatic rings. The van der Waals surface area contributed by atoms with Gasteiger partial charge in [0.15, 0.2) is 0 Å². The molecule has 86 valence electrons. The number of allylic oxidation sites excluding steroid dienone is 1. The number of phenolic OH excluding ortho intramolecular Hbond substituents is 1. The highest BCUT2D eigenvalue weighted by Crippen LogP contribution is 2.17. The summed E-state index contributed by atoms with van der Waals surface area (Å²) in [6.07, 6.45) is 1.85. The van der Waals surface area contributed by atoms with Gasteiger partial charge in [-0.2, -0.15) is 0 Å². The van der Waals surface area contributed by atoms with Crippen molar-refractivity contribution in [2.24, 2.45) is 0 Å². The van der Waals surface area contributed by atoms with Crippen molar-refractivity contribution in [3.63, 3.8) is 0 Å². The highest BCUT2D eigenvalue weighted by molar-refractivity contribution is 5.96. The third kappa shape index (κ3) is 3.38. The van der Waals surface area contributed by atoms with Gasteiger partial charge in [-0.25, -0.2) is 4.39 Å². The van der Waals surface area contributed by atoms with Crippen molar-refractivity contribution < 1.29 is 14.3 Å². The first-order valence-electron chi connectivity index (χ1n) is 4.91. The van der Waals surface area contributed by atoms with Crippen LogP contribution in [0.3, 0.4) is 0 Å². The van der Waals surface area contributed by atoms with E-state index in [1.807, 2.05) is 19.9 Å². The van der Waals surface area contributed by atoms with E-state index in [0.29, 0.717) is 6.54 Å². The third-order valence-electron chi connectivity index (χ3n) is 1.98. The molecule has 0 aliphatic carbocycles. The van der Waals surface area contributed by atoms with Gasteiger partial charge in [0.05, 0.1) is 5.56 Å². The van der Waals surface area contributed by atoms with Gasteiger partial charge in [-0.3, -0.25) is 4.79 Å². The lowest BCUT2D eigenvalue weighted by molar-refractivity contribution is 0.0955. The lowest BCUT2D eigenvalue weighted by Gasteiger charge is -2.04. The molecule has 0 fully saturated rings. The molecule has 1 amide bonds. The Labute approximate surface area is 93.6 Å². The number of halogens is 1. The van der Waals surface area contributed by atoms with Gasteiger partial charge in [0.2, 0.25) is 0 Å². The molecule has 0 aromatic heterocycles. The number of phenols is 1. The maximum absolute atomic E-state index is 12.7. The Balaban J connectivity index is 2.70. The van der Waals surface area contributed by atoms with Gasteiger partial charge in [-0.05, 0) is 26.0 Å². The van der Waals surface area contributed by atoms with E-state index in [9.17, 15) is 14.3 Å². The maximum atomic E-state index is 12.7. The molecule has 0 radical (unpaired) electrons. The normalized spacial score (nSPS) is 9.69. The Morgan fingerprint density at radius 2 is 2.19 bits per heavy atom. The SMILES string of the molecule is CC(C)=CCNC(=O)c1ccc(F)cc1O. The zero-order valence-electron chi connectivity index (χ0n) is 9.25. The van der Waals surface area contributed by atoms with Crippen molar-refractivity contribution in [2.75, 3.05) is 6.54 Å². The van der Waals surface area contributed by atoms with E-state index in [-0.39, 0.29) is 11.3 Å². The molecule has 1 rings (SSSR count). The van der Waals surface area contributed by atoms with Crippen LogP contribution in [0.1, 0.15) is 24.2 Å².